The highest BCUT2D eigenvalue weighted by Gasteiger charge is 2.23. The van der Waals surface area contributed by atoms with Crippen LogP contribution in [0.4, 0.5) is 11.4 Å². The Balaban J connectivity index is 1.92. The molecule has 0 aromatic heterocycles. The van der Waals surface area contributed by atoms with Gasteiger partial charge in [-0.25, -0.2) is 0 Å². The van der Waals surface area contributed by atoms with Crippen LogP contribution in [0.1, 0.15) is 12.5 Å². The average Bonchev–Trinajstić information content (AvgIpc) is 2.43. The van der Waals surface area contributed by atoms with E-state index in [2.05, 4.69) is 11.8 Å². The van der Waals surface area contributed by atoms with Gasteiger partial charge in [0.25, 0.3) is 0 Å². The van der Waals surface area contributed by atoms with Crippen LogP contribution in [0.5, 0.6) is 5.75 Å². The van der Waals surface area contributed by atoms with Crippen LogP contribution in [-0.2, 0) is 6.54 Å². The lowest BCUT2D eigenvalue weighted by molar-refractivity contribution is 0.212. The Bertz CT molecular complexity index is 675. The van der Waals surface area contributed by atoms with E-state index >= 15 is 0 Å². The van der Waals surface area contributed by atoms with Crippen molar-refractivity contribution >= 4 is 34.6 Å². The monoisotopic (exact) mass is 322 g/mol. The lowest BCUT2D eigenvalue weighted by Gasteiger charge is -2.35. The number of anilines is 2. The van der Waals surface area contributed by atoms with Crippen LogP contribution in [-0.4, -0.2) is 12.6 Å². The van der Waals surface area contributed by atoms with Crippen molar-refractivity contribution in [3.8, 4) is 5.75 Å². The number of nitrogen functional groups attached to an aromatic ring is 1. The Hall–Kier alpha value is -1.58. The van der Waals surface area contributed by atoms with Gasteiger partial charge in [-0.15, -0.1) is 0 Å². The van der Waals surface area contributed by atoms with Crippen molar-refractivity contribution in [2.75, 3.05) is 17.2 Å². The fourth-order valence-corrected chi connectivity index (χ4v) is 2.87. The second kappa shape index (κ2) is 5.66. The molecule has 0 spiro atoms. The summed E-state index contributed by atoms with van der Waals surface area (Å²) in [4.78, 5) is 2.25. The van der Waals surface area contributed by atoms with Gasteiger partial charge in [0.05, 0.1) is 22.3 Å². The van der Waals surface area contributed by atoms with E-state index < -0.39 is 0 Å². The van der Waals surface area contributed by atoms with Gasteiger partial charge in [-0.3, -0.25) is 0 Å². The van der Waals surface area contributed by atoms with Gasteiger partial charge >= 0.3 is 0 Å². The molecular formula is C16H16Cl2N2O. The van der Waals surface area contributed by atoms with Crippen LogP contribution >= 0.6 is 23.2 Å². The minimum absolute atomic E-state index is 0.129. The van der Waals surface area contributed by atoms with Crippen molar-refractivity contribution in [1.82, 2.24) is 0 Å². The molecule has 2 N–H and O–H groups in total. The maximum Gasteiger partial charge on any atom is 0.143 e. The van der Waals surface area contributed by atoms with E-state index in [1.807, 2.05) is 36.4 Å². The quantitative estimate of drug-likeness (QED) is 0.835. The highest BCUT2D eigenvalue weighted by molar-refractivity contribution is 6.42. The number of benzene rings is 2. The Morgan fingerprint density at radius 3 is 2.76 bits per heavy atom. The summed E-state index contributed by atoms with van der Waals surface area (Å²) in [6.45, 7) is 3.60. The maximum atomic E-state index is 6.09. The van der Waals surface area contributed by atoms with Gasteiger partial charge in [0.2, 0.25) is 0 Å². The summed E-state index contributed by atoms with van der Waals surface area (Å²) in [6, 6.07) is 11.4. The zero-order valence-electron chi connectivity index (χ0n) is 11.6. The topological polar surface area (TPSA) is 38.5 Å². The summed E-state index contributed by atoms with van der Waals surface area (Å²) in [5.74, 6) is 0.864. The number of hydrogen-bond donors (Lipinski definition) is 1. The van der Waals surface area contributed by atoms with Gasteiger partial charge < -0.3 is 15.4 Å². The van der Waals surface area contributed by atoms with E-state index in [1.165, 1.54) is 0 Å². The first-order valence-electron chi connectivity index (χ1n) is 6.78. The number of nitrogens with zero attached hydrogens (tertiary/aromatic N) is 1. The summed E-state index contributed by atoms with van der Waals surface area (Å²) in [7, 11) is 0. The third-order valence-corrected chi connectivity index (χ3v) is 4.23. The Labute approximate surface area is 134 Å². The molecule has 1 aliphatic heterocycles. The van der Waals surface area contributed by atoms with Crippen molar-refractivity contribution in [3.63, 3.8) is 0 Å². The van der Waals surface area contributed by atoms with Gasteiger partial charge in [-0.2, -0.15) is 0 Å². The second-order valence-corrected chi connectivity index (χ2v) is 6.10. The fraction of sp³-hybridized carbons (Fsp3) is 0.250. The van der Waals surface area contributed by atoms with Gasteiger partial charge in [-0.05, 0) is 42.8 Å². The number of hydrogen-bond acceptors (Lipinski definition) is 3. The zero-order valence-corrected chi connectivity index (χ0v) is 13.2. The standard InChI is InChI=1S/C16H16Cl2N2O/c1-10-8-20(9-11-2-4-13(17)14(18)6-11)15-7-12(19)3-5-16(15)21-10/h2-7,10H,8-9,19H2,1H3. The summed E-state index contributed by atoms with van der Waals surface area (Å²) in [5, 5.41) is 1.14. The molecular weight excluding hydrogens is 307 g/mol. The first kappa shape index (κ1) is 14.4. The second-order valence-electron chi connectivity index (χ2n) is 5.28. The summed E-state index contributed by atoms with van der Waals surface area (Å²) in [5.41, 5.74) is 8.74. The molecule has 1 heterocycles. The molecule has 0 fully saturated rings. The SMILES string of the molecule is CC1CN(Cc2ccc(Cl)c(Cl)c2)c2cc(N)ccc2O1. The summed E-state index contributed by atoms with van der Waals surface area (Å²) in [6.07, 6.45) is 0.129. The van der Waals surface area contributed by atoms with Crippen LogP contribution in [0.25, 0.3) is 0 Å². The highest BCUT2D eigenvalue weighted by Crippen LogP contribution is 2.36. The summed E-state index contributed by atoms with van der Waals surface area (Å²) >= 11 is 12.1. The largest absolute Gasteiger partial charge is 0.487 e. The number of rotatable bonds is 2. The van der Waals surface area contributed by atoms with Crippen molar-refractivity contribution < 1.29 is 4.74 Å². The Morgan fingerprint density at radius 2 is 2.00 bits per heavy atom. The molecule has 110 valence electrons. The normalized spacial score (nSPS) is 17.3. The molecule has 0 amide bonds. The van der Waals surface area contributed by atoms with E-state index in [4.69, 9.17) is 33.7 Å². The molecule has 0 saturated heterocycles. The fourth-order valence-electron chi connectivity index (χ4n) is 2.55. The highest BCUT2D eigenvalue weighted by atomic mass is 35.5. The molecule has 2 aromatic rings. The van der Waals surface area contributed by atoms with Crippen molar-refractivity contribution in [3.05, 3.63) is 52.0 Å². The molecule has 5 heteroatoms. The summed E-state index contributed by atoms with van der Waals surface area (Å²) < 4.78 is 5.85. The third kappa shape index (κ3) is 3.04. The number of fused-ring (bicyclic) bond motifs is 1. The first-order chi connectivity index (χ1) is 10.0. The van der Waals surface area contributed by atoms with E-state index in [0.29, 0.717) is 10.0 Å². The van der Waals surface area contributed by atoms with Crippen molar-refractivity contribution in [2.24, 2.45) is 0 Å². The lowest BCUT2D eigenvalue weighted by Crippen LogP contribution is -2.38. The minimum atomic E-state index is 0.129. The number of halogens is 2. The first-order valence-corrected chi connectivity index (χ1v) is 7.53. The van der Waals surface area contributed by atoms with E-state index in [1.54, 1.807) is 0 Å². The van der Waals surface area contributed by atoms with Gasteiger partial charge in [0, 0.05) is 12.2 Å². The molecule has 21 heavy (non-hydrogen) atoms. The maximum absolute atomic E-state index is 6.09. The van der Waals surface area contributed by atoms with Crippen LogP contribution in [0.2, 0.25) is 10.0 Å². The van der Waals surface area contributed by atoms with Crippen LogP contribution < -0.4 is 15.4 Å². The molecule has 3 nitrogen and oxygen atoms in total. The average molecular weight is 323 g/mol. The van der Waals surface area contributed by atoms with E-state index in [0.717, 1.165) is 35.8 Å². The Morgan fingerprint density at radius 1 is 1.19 bits per heavy atom. The predicted molar refractivity (Wildman–Crippen MR) is 88.5 cm³/mol. The molecule has 1 aliphatic rings. The number of ether oxygens (including phenoxy) is 1. The predicted octanol–water partition coefficient (Wildman–Crippen LogP) is 4.36. The van der Waals surface area contributed by atoms with E-state index in [-0.39, 0.29) is 6.10 Å². The lowest BCUT2D eigenvalue weighted by atomic mass is 10.1. The molecule has 0 bridgehead atoms. The molecule has 1 atom stereocenters. The van der Waals surface area contributed by atoms with Gasteiger partial charge in [0.1, 0.15) is 11.9 Å². The molecule has 3 rings (SSSR count). The van der Waals surface area contributed by atoms with Crippen molar-refractivity contribution in [2.45, 2.75) is 19.6 Å². The van der Waals surface area contributed by atoms with Gasteiger partial charge in [0.15, 0.2) is 0 Å². The van der Waals surface area contributed by atoms with Gasteiger partial charge in [-0.1, -0.05) is 29.3 Å². The van der Waals surface area contributed by atoms with Crippen LogP contribution in [0.3, 0.4) is 0 Å². The minimum Gasteiger partial charge on any atom is -0.487 e. The third-order valence-electron chi connectivity index (χ3n) is 3.49. The van der Waals surface area contributed by atoms with Crippen LogP contribution in [0.15, 0.2) is 36.4 Å². The number of nitrogens with two attached hydrogens (primary N) is 1. The van der Waals surface area contributed by atoms with Crippen LogP contribution in [0, 0.1) is 0 Å². The zero-order chi connectivity index (χ0) is 15.0. The smallest absolute Gasteiger partial charge is 0.143 e. The molecule has 0 saturated carbocycles. The molecule has 0 aliphatic carbocycles. The van der Waals surface area contributed by atoms with E-state index in [9.17, 15) is 0 Å². The molecule has 2 aromatic carbocycles. The molecule has 0 radical (unpaired) electrons. The van der Waals surface area contributed by atoms with Crippen molar-refractivity contribution in [1.29, 1.82) is 0 Å². The molecule has 1 unspecified atom stereocenters. The Kier molecular flexibility index (Phi) is 3.87.